The highest BCUT2D eigenvalue weighted by molar-refractivity contribution is 5.92. The Morgan fingerprint density at radius 2 is 1.48 bits per heavy atom. The Morgan fingerprint density at radius 1 is 0.913 bits per heavy atom. The van der Waals surface area contributed by atoms with E-state index in [4.69, 9.17) is 10.2 Å². The van der Waals surface area contributed by atoms with Crippen LogP contribution >= 0.6 is 0 Å². The van der Waals surface area contributed by atoms with Gasteiger partial charge in [-0.2, -0.15) is 0 Å². The minimum absolute atomic E-state index is 0.146. The number of carbonyl (C=O) groups is 4. The third kappa shape index (κ3) is 8.15. The summed E-state index contributed by atoms with van der Waals surface area (Å²) in [5.41, 5.74) is 0. The van der Waals surface area contributed by atoms with Crippen LogP contribution in [0.4, 0.5) is 0 Å². The molecule has 0 radical (unpaired) electrons. The summed E-state index contributed by atoms with van der Waals surface area (Å²) in [4.78, 5) is 45.9. The lowest BCUT2D eigenvalue weighted by atomic mass is 10.0. The van der Waals surface area contributed by atoms with Crippen LogP contribution < -0.4 is 16.0 Å². The smallest absolute Gasteiger partial charge is 0.328 e. The number of rotatable bonds is 9. The molecule has 9 heteroatoms. The highest BCUT2D eigenvalue weighted by atomic mass is 16.4. The number of amides is 3. The van der Waals surface area contributed by atoms with E-state index in [1.54, 1.807) is 0 Å². The summed E-state index contributed by atoms with van der Waals surface area (Å²) in [6, 6.07) is -3.24. The molecule has 9 nitrogen and oxygen atoms in total. The standard InChI is InChI=1S/C14H25N3O6/c1-7(2)5-10(16-9(4)19)13(21)15-8(3)12(20)17-11(6-18)14(22)23/h7-8,10-11,18H,5-6H2,1-4H3,(H,15,21)(H,16,19)(H,17,20)(H,22,23)/t8-,10+,11+/m1/s1. The number of carboxylic acids is 1. The molecule has 3 atom stereocenters. The van der Waals surface area contributed by atoms with Crippen molar-refractivity contribution in [2.75, 3.05) is 6.61 Å². The van der Waals surface area contributed by atoms with Crippen molar-refractivity contribution in [2.45, 2.75) is 52.2 Å². The van der Waals surface area contributed by atoms with Gasteiger partial charge in [0.05, 0.1) is 6.61 Å². The first-order chi connectivity index (χ1) is 10.6. The van der Waals surface area contributed by atoms with Gasteiger partial charge < -0.3 is 26.2 Å². The average Bonchev–Trinajstić information content (AvgIpc) is 2.41. The van der Waals surface area contributed by atoms with Gasteiger partial charge >= 0.3 is 5.97 Å². The molecule has 0 rings (SSSR count). The van der Waals surface area contributed by atoms with Gasteiger partial charge in [-0.1, -0.05) is 13.8 Å². The zero-order valence-corrected chi connectivity index (χ0v) is 13.8. The van der Waals surface area contributed by atoms with E-state index >= 15 is 0 Å². The third-order valence-corrected chi connectivity index (χ3v) is 2.95. The van der Waals surface area contributed by atoms with E-state index in [-0.39, 0.29) is 11.8 Å². The second-order valence-electron chi connectivity index (χ2n) is 5.69. The third-order valence-electron chi connectivity index (χ3n) is 2.95. The van der Waals surface area contributed by atoms with Gasteiger partial charge in [-0.15, -0.1) is 0 Å². The Balaban J connectivity index is 4.73. The van der Waals surface area contributed by atoms with E-state index in [0.717, 1.165) is 0 Å². The summed E-state index contributed by atoms with van der Waals surface area (Å²) >= 11 is 0. The van der Waals surface area contributed by atoms with E-state index in [1.165, 1.54) is 13.8 Å². The van der Waals surface area contributed by atoms with Gasteiger partial charge in [0.2, 0.25) is 17.7 Å². The number of aliphatic carboxylic acids is 1. The molecule has 0 saturated carbocycles. The number of hydrogen-bond acceptors (Lipinski definition) is 5. The van der Waals surface area contributed by atoms with Gasteiger partial charge in [-0.05, 0) is 19.3 Å². The maximum absolute atomic E-state index is 12.1. The minimum atomic E-state index is -1.44. The van der Waals surface area contributed by atoms with Gasteiger partial charge in [0.1, 0.15) is 18.1 Å². The van der Waals surface area contributed by atoms with Crippen molar-refractivity contribution in [3.8, 4) is 0 Å². The zero-order chi connectivity index (χ0) is 18.2. The number of carbonyl (C=O) groups excluding carboxylic acids is 3. The van der Waals surface area contributed by atoms with Crippen molar-refractivity contribution in [2.24, 2.45) is 5.92 Å². The molecule has 3 amide bonds. The van der Waals surface area contributed by atoms with Crippen molar-refractivity contribution in [1.29, 1.82) is 0 Å². The predicted octanol–water partition coefficient (Wildman–Crippen LogP) is -1.40. The fourth-order valence-electron chi connectivity index (χ4n) is 1.81. The topological polar surface area (TPSA) is 145 Å². The molecule has 0 unspecified atom stereocenters. The highest BCUT2D eigenvalue weighted by Crippen LogP contribution is 2.05. The average molecular weight is 331 g/mol. The molecule has 0 bridgehead atoms. The van der Waals surface area contributed by atoms with Gasteiger partial charge in [0.15, 0.2) is 0 Å². The van der Waals surface area contributed by atoms with Gasteiger partial charge in [0, 0.05) is 6.92 Å². The van der Waals surface area contributed by atoms with Crippen LogP contribution in [0.15, 0.2) is 0 Å². The Labute approximate surface area is 134 Å². The normalized spacial score (nSPS) is 14.5. The molecule has 0 aromatic carbocycles. The maximum Gasteiger partial charge on any atom is 0.328 e. The first-order valence-electron chi connectivity index (χ1n) is 7.30. The molecule has 0 aliphatic rings. The van der Waals surface area contributed by atoms with E-state index in [9.17, 15) is 19.2 Å². The van der Waals surface area contributed by atoms with Crippen LogP contribution in [-0.2, 0) is 19.2 Å². The van der Waals surface area contributed by atoms with Crippen molar-refractivity contribution in [3.05, 3.63) is 0 Å². The van der Waals surface area contributed by atoms with E-state index in [1.807, 2.05) is 13.8 Å². The molecule has 0 heterocycles. The summed E-state index contributed by atoms with van der Waals surface area (Å²) in [5, 5.41) is 24.7. The second-order valence-corrected chi connectivity index (χ2v) is 5.69. The number of nitrogens with one attached hydrogen (secondary N) is 3. The van der Waals surface area contributed by atoms with Crippen molar-refractivity contribution in [3.63, 3.8) is 0 Å². The molecule has 0 saturated heterocycles. The van der Waals surface area contributed by atoms with Crippen molar-refractivity contribution >= 4 is 23.7 Å². The summed E-state index contributed by atoms with van der Waals surface area (Å²) in [5.74, 6) is -2.88. The SMILES string of the molecule is CC(=O)N[C@@H](CC(C)C)C(=O)N[C@H](C)C(=O)N[C@@H](CO)C(=O)O. The van der Waals surface area contributed by atoms with Crippen LogP contribution in [0, 0.1) is 5.92 Å². The Kier molecular flexibility index (Phi) is 8.86. The summed E-state index contributed by atoms with van der Waals surface area (Å²) < 4.78 is 0. The van der Waals surface area contributed by atoms with Crippen molar-refractivity contribution < 1.29 is 29.4 Å². The van der Waals surface area contributed by atoms with E-state index in [0.29, 0.717) is 6.42 Å². The quantitative estimate of drug-likeness (QED) is 0.351. The Hall–Kier alpha value is -2.16. The summed E-state index contributed by atoms with van der Waals surface area (Å²) in [6.45, 7) is 5.68. The number of carboxylic acid groups (broad SMARTS) is 1. The molecular formula is C14H25N3O6. The molecule has 0 aromatic rings. The number of hydrogen-bond donors (Lipinski definition) is 5. The fraction of sp³-hybridized carbons (Fsp3) is 0.714. The highest BCUT2D eigenvalue weighted by Gasteiger charge is 2.26. The molecule has 0 aliphatic carbocycles. The fourth-order valence-corrected chi connectivity index (χ4v) is 1.81. The lowest BCUT2D eigenvalue weighted by Crippen LogP contribution is -2.55. The van der Waals surface area contributed by atoms with Crippen LogP contribution in [0.3, 0.4) is 0 Å². The summed E-state index contributed by atoms with van der Waals surface area (Å²) in [6.07, 6.45) is 0.397. The van der Waals surface area contributed by atoms with Crippen LogP contribution in [0.25, 0.3) is 0 Å². The molecule has 0 fully saturated rings. The van der Waals surface area contributed by atoms with E-state index < -0.39 is 42.5 Å². The minimum Gasteiger partial charge on any atom is -0.480 e. The Morgan fingerprint density at radius 3 is 1.87 bits per heavy atom. The van der Waals surface area contributed by atoms with Gasteiger partial charge in [-0.25, -0.2) is 4.79 Å². The molecular weight excluding hydrogens is 306 g/mol. The molecule has 132 valence electrons. The molecule has 0 spiro atoms. The number of aliphatic hydroxyl groups is 1. The molecule has 23 heavy (non-hydrogen) atoms. The Bertz CT molecular complexity index is 452. The van der Waals surface area contributed by atoms with Crippen molar-refractivity contribution in [1.82, 2.24) is 16.0 Å². The largest absolute Gasteiger partial charge is 0.480 e. The van der Waals surface area contributed by atoms with E-state index in [2.05, 4.69) is 16.0 Å². The molecule has 0 aliphatic heterocycles. The van der Waals surface area contributed by atoms with Crippen LogP contribution in [0.5, 0.6) is 0 Å². The molecule has 0 aromatic heterocycles. The first-order valence-corrected chi connectivity index (χ1v) is 7.30. The zero-order valence-electron chi connectivity index (χ0n) is 13.8. The van der Waals surface area contributed by atoms with Gasteiger partial charge in [-0.3, -0.25) is 14.4 Å². The van der Waals surface area contributed by atoms with Crippen LogP contribution in [0.1, 0.15) is 34.1 Å². The first kappa shape index (κ1) is 20.8. The predicted molar refractivity (Wildman–Crippen MR) is 81.3 cm³/mol. The number of aliphatic hydroxyl groups excluding tert-OH is 1. The lowest BCUT2D eigenvalue weighted by molar-refractivity contribution is -0.143. The lowest BCUT2D eigenvalue weighted by Gasteiger charge is -2.22. The monoisotopic (exact) mass is 331 g/mol. The van der Waals surface area contributed by atoms with Gasteiger partial charge in [0.25, 0.3) is 0 Å². The van der Waals surface area contributed by atoms with Crippen LogP contribution in [0.2, 0.25) is 0 Å². The maximum atomic E-state index is 12.1. The second kappa shape index (κ2) is 9.78. The summed E-state index contributed by atoms with van der Waals surface area (Å²) in [7, 11) is 0. The molecule has 5 N–H and O–H groups in total. The van der Waals surface area contributed by atoms with Crippen LogP contribution in [-0.4, -0.2) is 58.6 Å².